The number of halogens is 1. The first kappa shape index (κ1) is 23.1. The smallest absolute Gasteiger partial charge is 0.269 e. The number of ketones is 1. The SMILES string of the molecule is COc1ccc2c(c1)c(OCC(=O)c1ccc(Cl)cc1)nn2CCOc1ccc([N+](=O)[O-])cc1. The number of nitrogens with zero attached hydrogens (tertiary/aromatic N) is 3. The van der Waals surface area contributed by atoms with Crippen molar-refractivity contribution in [3.8, 4) is 17.4 Å². The largest absolute Gasteiger partial charge is 0.497 e. The number of fused-ring (bicyclic) bond motifs is 1. The lowest BCUT2D eigenvalue weighted by atomic mass is 10.1. The molecule has 1 aromatic heterocycles. The molecule has 34 heavy (non-hydrogen) atoms. The quantitative estimate of drug-likeness (QED) is 0.179. The van der Waals surface area contributed by atoms with E-state index in [4.69, 9.17) is 25.8 Å². The molecule has 0 aliphatic carbocycles. The van der Waals surface area contributed by atoms with E-state index in [2.05, 4.69) is 5.10 Å². The minimum absolute atomic E-state index is 0.00527. The molecule has 0 aliphatic rings. The predicted octanol–water partition coefficient (Wildman–Crippen LogP) is 4.95. The Balaban J connectivity index is 1.48. The molecule has 0 saturated carbocycles. The van der Waals surface area contributed by atoms with Gasteiger partial charge in [0.05, 0.1) is 29.5 Å². The van der Waals surface area contributed by atoms with Crippen molar-refractivity contribution in [3.63, 3.8) is 0 Å². The van der Waals surface area contributed by atoms with E-state index >= 15 is 0 Å². The fraction of sp³-hybridized carbons (Fsp3) is 0.167. The average molecular weight is 482 g/mol. The molecule has 0 amide bonds. The normalized spacial score (nSPS) is 10.8. The van der Waals surface area contributed by atoms with Crippen LogP contribution in [0.4, 0.5) is 5.69 Å². The lowest BCUT2D eigenvalue weighted by Gasteiger charge is -2.07. The molecule has 0 spiro atoms. The summed E-state index contributed by atoms with van der Waals surface area (Å²) in [7, 11) is 1.56. The summed E-state index contributed by atoms with van der Waals surface area (Å²) in [5.74, 6) is 1.23. The van der Waals surface area contributed by atoms with Crippen LogP contribution in [0.5, 0.6) is 17.4 Å². The standard InChI is InChI=1S/C24H20ClN3O6/c1-32-20-10-11-22-21(14-20)24(34-15-23(29)16-2-4-17(25)5-3-16)26-27(22)12-13-33-19-8-6-18(7-9-19)28(30)31/h2-11,14H,12-13,15H2,1H3. The first-order chi connectivity index (χ1) is 16.4. The summed E-state index contributed by atoms with van der Waals surface area (Å²) >= 11 is 5.88. The molecule has 174 valence electrons. The van der Waals surface area contributed by atoms with Crippen LogP contribution in [0.25, 0.3) is 10.9 Å². The van der Waals surface area contributed by atoms with Crippen LogP contribution in [0.2, 0.25) is 5.02 Å². The number of carbonyl (C=O) groups is 1. The van der Waals surface area contributed by atoms with Gasteiger partial charge in [0, 0.05) is 22.7 Å². The van der Waals surface area contributed by atoms with Gasteiger partial charge in [0.25, 0.3) is 5.69 Å². The van der Waals surface area contributed by atoms with E-state index in [1.165, 1.54) is 12.1 Å². The van der Waals surface area contributed by atoms with E-state index in [1.54, 1.807) is 60.3 Å². The Hall–Kier alpha value is -4.11. The highest BCUT2D eigenvalue weighted by Gasteiger charge is 2.15. The monoisotopic (exact) mass is 481 g/mol. The second-order valence-corrected chi connectivity index (χ2v) is 7.67. The van der Waals surface area contributed by atoms with Crippen molar-refractivity contribution in [2.24, 2.45) is 0 Å². The fourth-order valence-electron chi connectivity index (χ4n) is 3.30. The number of rotatable bonds is 10. The molecule has 4 aromatic rings. The highest BCUT2D eigenvalue weighted by atomic mass is 35.5. The molecular weight excluding hydrogens is 462 g/mol. The third-order valence-corrected chi connectivity index (χ3v) is 5.30. The third kappa shape index (κ3) is 5.26. The topological polar surface area (TPSA) is 106 Å². The van der Waals surface area contributed by atoms with Crippen molar-refractivity contribution in [1.29, 1.82) is 0 Å². The summed E-state index contributed by atoms with van der Waals surface area (Å²) in [6.45, 7) is 0.461. The summed E-state index contributed by atoms with van der Waals surface area (Å²) in [5.41, 5.74) is 1.26. The van der Waals surface area contributed by atoms with Crippen molar-refractivity contribution in [1.82, 2.24) is 9.78 Å². The van der Waals surface area contributed by atoms with Gasteiger partial charge in [-0.25, -0.2) is 0 Å². The number of non-ortho nitro benzene ring substituents is 1. The number of hydrogen-bond acceptors (Lipinski definition) is 7. The number of ether oxygens (including phenoxy) is 3. The van der Waals surface area contributed by atoms with Gasteiger partial charge in [-0.2, -0.15) is 0 Å². The molecule has 4 rings (SSSR count). The summed E-state index contributed by atoms with van der Waals surface area (Å²) in [6, 6.07) is 17.9. The Morgan fingerprint density at radius 3 is 2.41 bits per heavy atom. The first-order valence-corrected chi connectivity index (χ1v) is 10.7. The van der Waals surface area contributed by atoms with Gasteiger partial charge in [0.15, 0.2) is 12.4 Å². The lowest BCUT2D eigenvalue weighted by Crippen LogP contribution is -2.13. The summed E-state index contributed by atoms with van der Waals surface area (Å²) in [4.78, 5) is 22.8. The zero-order valence-corrected chi connectivity index (χ0v) is 18.9. The van der Waals surface area contributed by atoms with Gasteiger partial charge in [-0.15, -0.1) is 5.10 Å². The van der Waals surface area contributed by atoms with Crippen LogP contribution < -0.4 is 14.2 Å². The number of hydrogen-bond donors (Lipinski definition) is 0. The van der Waals surface area contributed by atoms with Crippen LogP contribution >= 0.6 is 11.6 Å². The number of nitro benzene ring substituents is 1. The van der Waals surface area contributed by atoms with Crippen LogP contribution in [0.3, 0.4) is 0 Å². The number of methoxy groups -OCH3 is 1. The van der Waals surface area contributed by atoms with Crippen molar-refractivity contribution in [2.75, 3.05) is 20.3 Å². The number of aromatic nitrogens is 2. The number of benzene rings is 3. The summed E-state index contributed by atoms with van der Waals surface area (Å²) in [6.07, 6.45) is 0. The molecule has 0 fully saturated rings. The van der Waals surface area contributed by atoms with E-state index < -0.39 is 4.92 Å². The van der Waals surface area contributed by atoms with Crippen LogP contribution in [0.15, 0.2) is 66.7 Å². The summed E-state index contributed by atoms with van der Waals surface area (Å²) in [5, 5.41) is 16.5. The van der Waals surface area contributed by atoms with Gasteiger partial charge in [0.1, 0.15) is 18.1 Å². The average Bonchev–Trinajstić information content (AvgIpc) is 3.20. The molecule has 0 N–H and O–H groups in total. The molecular formula is C24H20ClN3O6. The van der Waals surface area contributed by atoms with Gasteiger partial charge < -0.3 is 14.2 Å². The highest BCUT2D eigenvalue weighted by Crippen LogP contribution is 2.29. The van der Waals surface area contributed by atoms with Gasteiger partial charge in [-0.05, 0) is 54.6 Å². The van der Waals surface area contributed by atoms with E-state index in [9.17, 15) is 14.9 Å². The minimum atomic E-state index is -0.465. The lowest BCUT2D eigenvalue weighted by molar-refractivity contribution is -0.384. The molecule has 9 nitrogen and oxygen atoms in total. The second-order valence-electron chi connectivity index (χ2n) is 7.23. The molecule has 0 unspecified atom stereocenters. The van der Waals surface area contributed by atoms with Crippen LogP contribution in [-0.2, 0) is 6.54 Å². The van der Waals surface area contributed by atoms with Crippen LogP contribution in [0.1, 0.15) is 10.4 Å². The van der Waals surface area contributed by atoms with E-state index in [0.29, 0.717) is 39.9 Å². The van der Waals surface area contributed by atoms with Crippen LogP contribution in [-0.4, -0.2) is 40.8 Å². The Kier molecular flexibility index (Phi) is 6.93. The predicted molar refractivity (Wildman–Crippen MR) is 126 cm³/mol. The molecule has 0 bridgehead atoms. The Morgan fingerprint density at radius 1 is 1.03 bits per heavy atom. The molecule has 0 radical (unpaired) electrons. The maximum absolute atomic E-state index is 12.5. The van der Waals surface area contributed by atoms with Crippen molar-refractivity contribution in [3.05, 3.63) is 87.4 Å². The van der Waals surface area contributed by atoms with Gasteiger partial charge in [-0.1, -0.05) is 11.6 Å². The van der Waals surface area contributed by atoms with E-state index in [0.717, 1.165) is 5.52 Å². The third-order valence-electron chi connectivity index (χ3n) is 5.05. The Bertz CT molecular complexity index is 1320. The molecule has 10 heteroatoms. The van der Waals surface area contributed by atoms with E-state index in [1.807, 2.05) is 6.07 Å². The minimum Gasteiger partial charge on any atom is -0.497 e. The van der Waals surface area contributed by atoms with Gasteiger partial charge in [0.2, 0.25) is 5.88 Å². The summed E-state index contributed by atoms with van der Waals surface area (Å²) < 4.78 is 18.5. The highest BCUT2D eigenvalue weighted by molar-refractivity contribution is 6.30. The van der Waals surface area contributed by atoms with Gasteiger partial charge in [-0.3, -0.25) is 19.6 Å². The van der Waals surface area contributed by atoms with Crippen LogP contribution in [0, 0.1) is 10.1 Å². The maximum Gasteiger partial charge on any atom is 0.269 e. The Morgan fingerprint density at radius 2 is 1.74 bits per heavy atom. The zero-order valence-electron chi connectivity index (χ0n) is 18.1. The van der Waals surface area contributed by atoms with E-state index in [-0.39, 0.29) is 24.7 Å². The van der Waals surface area contributed by atoms with Crippen molar-refractivity contribution >= 4 is 34.0 Å². The maximum atomic E-state index is 12.5. The molecule has 0 atom stereocenters. The van der Waals surface area contributed by atoms with Crippen molar-refractivity contribution < 1.29 is 23.9 Å². The molecule has 3 aromatic carbocycles. The zero-order chi connectivity index (χ0) is 24.1. The van der Waals surface area contributed by atoms with Gasteiger partial charge >= 0.3 is 0 Å². The first-order valence-electron chi connectivity index (χ1n) is 10.3. The Labute approximate surface area is 199 Å². The number of nitro groups is 1. The fourth-order valence-corrected chi connectivity index (χ4v) is 3.43. The number of Topliss-reactive ketones (excluding diaryl/α,β-unsaturated/α-hetero) is 1. The molecule has 0 saturated heterocycles. The molecule has 1 heterocycles. The number of carbonyl (C=O) groups excluding carboxylic acids is 1. The second kappa shape index (κ2) is 10.2. The van der Waals surface area contributed by atoms with Crippen molar-refractivity contribution in [2.45, 2.75) is 6.54 Å². The molecule has 0 aliphatic heterocycles.